The minimum atomic E-state index is 0.182. The van der Waals surface area contributed by atoms with E-state index in [9.17, 15) is 0 Å². The van der Waals surface area contributed by atoms with Gasteiger partial charge in [-0.3, -0.25) is 0 Å². The highest BCUT2D eigenvalue weighted by Crippen LogP contribution is 2.26. The van der Waals surface area contributed by atoms with Crippen LogP contribution in [-0.4, -0.2) is 19.2 Å². The second kappa shape index (κ2) is 5.64. The van der Waals surface area contributed by atoms with Gasteiger partial charge in [0, 0.05) is 12.6 Å². The molecule has 106 valence electrons. The summed E-state index contributed by atoms with van der Waals surface area (Å²) in [5.74, 6) is 0.568. The lowest BCUT2D eigenvalue weighted by Crippen LogP contribution is -2.32. The van der Waals surface area contributed by atoms with Crippen molar-refractivity contribution in [1.29, 1.82) is 0 Å². The summed E-state index contributed by atoms with van der Waals surface area (Å²) in [6.45, 7) is 12.9. The first kappa shape index (κ1) is 14.5. The number of ether oxygens (including phenoxy) is 1. The summed E-state index contributed by atoms with van der Waals surface area (Å²) < 4.78 is 6.03. The van der Waals surface area contributed by atoms with Gasteiger partial charge < -0.3 is 10.1 Å². The molecule has 1 N–H and O–H groups in total. The Hall–Kier alpha value is -0.860. The molecular weight excluding hydrogens is 234 g/mol. The van der Waals surface area contributed by atoms with Crippen LogP contribution in [0.1, 0.15) is 51.8 Å². The fourth-order valence-corrected chi connectivity index (χ4v) is 2.38. The zero-order valence-electron chi connectivity index (χ0n) is 12.9. The van der Waals surface area contributed by atoms with E-state index in [-0.39, 0.29) is 11.5 Å². The molecule has 1 aromatic carbocycles. The summed E-state index contributed by atoms with van der Waals surface area (Å²) in [7, 11) is 0. The molecular formula is C17H27NO. The van der Waals surface area contributed by atoms with Gasteiger partial charge in [0.1, 0.15) is 0 Å². The molecule has 2 rings (SSSR count). The Morgan fingerprint density at radius 2 is 1.74 bits per heavy atom. The third-order valence-electron chi connectivity index (χ3n) is 4.19. The van der Waals surface area contributed by atoms with Gasteiger partial charge in [0.15, 0.2) is 0 Å². The van der Waals surface area contributed by atoms with E-state index in [0.717, 1.165) is 13.2 Å². The molecule has 1 aliphatic heterocycles. The van der Waals surface area contributed by atoms with E-state index in [4.69, 9.17) is 4.74 Å². The normalized spacial score (nSPS) is 29.0. The van der Waals surface area contributed by atoms with Gasteiger partial charge in [-0.15, -0.1) is 0 Å². The predicted molar refractivity (Wildman–Crippen MR) is 80.5 cm³/mol. The van der Waals surface area contributed by atoms with Crippen molar-refractivity contribution in [2.45, 2.75) is 52.2 Å². The Labute approximate surface area is 117 Å². The standard InChI is InChI=1S/C17H27NO/c1-12-11-19-16(10-18-13(12)2)14-6-8-15(9-7-14)17(3,4)5/h6-9,12-13,16,18H,10-11H2,1-5H3. The molecule has 1 heterocycles. The van der Waals surface area contributed by atoms with Crippen molar-refractivity contribution in [3.05, 3.63) is 35.4 Å². The maximum absolute atomic E-state index is 6.03. The molecule has 0 bridgehead atoms. The average molecular weight is 261 g/mol. The van der Waals surface area contributed by atoms with Crippen molar-refractivity contribution >= 4 is 0 Å². The second-order valence-corrected chi connectivity index (χ2v) is 6.87. The van der Waals surface area contributed by atoms with Crippen molar-refractivity contribution in [2.75, 3.05) is 13.2 Å². The first-order valence-corrected chi connectivity index (χ1v) is 7.33. The molecule has 0 aliphatic carbocycles. The lowest BCUT2D eigenvalue weighted by Gasteiger charge is -2.21. The number of hydrogen-bond donors (Lipinski definition) is 1. The maximum atomic E-state index is 6.03. The maximum Gasteiger partial charge on any atom is 0.0949 e. The highest BCUT2D eigenvalue weighted by molar-refractivity contribution is 5.29. The minimum Gasteiger partial charge on any atom is -0.372 e. The summed E-state index contributed by atoms with van der Waals surface area (Å²) in [5.41, 5.74) is 2.87. The third-order valence-corrected chi connectivity index (χ3v) is 4.19. The summed E-state index contributed by atoms with van der Waals surface area (Å²) >= 11 is 0. The van der Waals surface area contributed by atoms with Crippen molar-refractivity contribution in [3.63, 3.8) is 0 Å². The Morgan fingerprint density at radius 3 is 2.32 bits per heavy atom. The number of rotatable bonds is 1. The summed E-state index contributed by atoms with van der Waals surface area (Å²) in [6.07, 6.45) is 0.182. The SMILES string of the molecule is CC1COC(c2ccc(C(C)(C)C)cc2)CNC1C. The first-order chi connectivity index (χ1) is 8.88. The predicted octanol–water partition coefficient (Wildman–Crippen LogP) is 3.67. The summed E-state index contributed by atoms with van der Waals surface area (Å²) in [4.78, 5) is 0. The highest BCUT2D eigenvalue weighted by Gasteiger charge is 2.23. The molecule has 0 aromatic heterocycles. The molecule has 0 radical (unpaired) electrons. The zero-order chi connectivity index (χ0) is 14.0. The van der Waals surface area contributed by atoms with Crippen LogP contribution in [0.25, 0.3) is 0 Å². The van der Waals surface area contributed by atoms with Crippen LogP contribution in [0.3, 0.4) is 0 Å². The quantitative estimate of drug-likeness (QED) is 0.833. The van der Waals surface area contributed by atoms with Crippen LogP contribution in [0, 0.1) is 5.92 Å². The Kier molecular flexibility index (Phi) is 4.32. The lowest BCUT2D eigenvalue weighted by molar-refractivity contribution is 0.0496. The minimum absolute atomic E-state index is 0.182. The van der Waals surface area contributed by atoms with E-state index in [1.165, 1.54) is 11.1 Å². The van der Waals surface area contributed by atoms with Crippen LogP contribution in [0.5, 0.6) is 0 Å². The smallest absolute Gasteiger partial charge is 0.0949 e. The van der Waals surface area contributed by atoms with Gasteiger partial charge in [-0.05, 0) is 29.4 Å². The van der Waals surface area contributed by atoms with E-state index in [0.29, 0.717) is 12.0 Å². The second-order valence-electron chi connectivity index (χ2n) is 6.87. The van der Waals surface area contributed by atoms with Crippen LogP contribution in [0.4, 0.5) is 0 Å². The molecule has 2 heteroatoms. The first-order valence-electron chi connectivity index (χ1n) is 7.33. The van der Waals surface area contributed by atoms with E-state index < -0.39 is 0 Å². The molecule has 3 atom stereocenters. The van der Waals surface area contributed by atoms with E-state index in [1.807, 2.05) is 0 Å². The van der Waals surface area contributed by atoms with Crippen LogP contribution >= 0.6 is 0 Å². The van der Waals surface area contributed by atoms with E-state index >= 15 is 0 Å². The molecule has 19 heavy (non-hydrogen) atoms. The fourth-order valence-electron chi connectivity index (χ4n) is 2.38. The van der Waals surface area contributed by atoms with E-state index in [2.05, 4.69) is 64.2 Å². The fraction of sp³-hybridized carbons (Fsp3) is 0.647. The van der Waals surface area contributed by atoms with Crippen molar-refractivity contribution in [3.8, 4) is 0 Å². The molecule has 1 fully saturated rings. The Bertz CT molecular complexity index is 392. The molecule has 1 aliphatic rings. The van der Waals surface area contributed by atoms with Gasteiger partial charge in [-0.1, -0.05) is 52.0 Å². The topological polar surface area (TPSA) is 21.3 Å². The monoisotopic (exact) mass is 261 g/mol. The molecule has 3 unspecified atom stereocenters. The van der Waals surface area contributed by atoms with Crippen LogP contribution < -0.4 is 5.32 Å². The lowest BCUT2D eigenvalue weighted by atomic mass is 9.86. The third kappa shape index (κ3) is 3.58. The van der Waals surface area contributed by atoms with Crippen LogP contribution in [0.2, 0.25) is 0 Å². The molecule has 2 nitrogen and oxygen atoms in total. The van der Waals surface area contributed by atoms with Crippen molar-refractivity contribution < 1.29 is 4.74 Å². The molecule has 0 saturated carbocycles. The van der Waals surface area contributed by atoms with Gasteiger partial charge in [0.05, 0.1) is 12.7 Å². The summed E-state index contributed by atoms with van der Waals surface area (Å²) in [6, 6.07) is 9.42. The van der Waals surface area contributed by atoms with Crippen LogP contribution in [0.15, 0.2) is 24.3 Å². The van der Waals surface area contributed by atoms with Gasteiger partial charge in [0.25, 0.3) is 0 Å². The molecule has 1 saturated heterocycles. The number of nitrogens with one attached hydrogen (secondary N) is 1. The van der Waals surface area contributed by atoms with Gasteiger partial charge >= 0.3 is 0 Å². The van der Waals surface area contributed by atoms with Gasteiger partial charge in [-0.2, -0.15) is 0 Å². The van der Waals surface area contributed by atoms with Crippen molar-refractivity contribution in [2.24, 2.45) is 5.92 Å². The Balaban J connectivity index is 2.10. The zero-order valence-corrected chi connectivity index (χ0v) is 12.9. The van der Waals surface area contributed by atoms with Gasteiger partial charge in [0.2, 0.25) is 0 Å². The van der Waals surface area contributed by atoms with E-state index in [1.54, 1.807) is 0 Å². The number of benzene rings is 1. The summed E-state index contributed by atoms with van der Waals surface area (Å²) in [5, 5.41) is 3.56. The molecule has 1 aromatic rings. The number of hydrogen-bond acceptors (Lipinski definition) is 2. The molecule has 0 amide bonds. The molecule has 0 spiro atoms. The highest BCUT2D eigenvalue weighted by atomic mass is 16.5. The van der Waals surface area contributed by atoms with Gasteiger partial charge in [-0.25, -0.2) is 0 Å². The van der Waals surface area contributed by atoms with Crippen LogP contribution in [-0.2, 0) is 10.2 Å². The Morgan fingerprint density at radius 1 is 1.11 bits per heavy atom. The largest absolute Gasteiger partial charge is 0.372 e. The van der Waals surface area contributed by atoms with Crippen molar-refractivity contribution in [1.82, 2.24) is 5.32 Å². The average Bonchev–Trinajstić information content (AvgIpc) is 2.52.